The van der Waals surface area contributed by atoms with Gasteiger partial charge in [-0.15, -0.1) is 0 Å². The van der Waals surface area contributed by atoms with Crippen LogP contribution in [0.4, 0.5) is 5.95 Å². The number of ether oxygens (including phenoxy) is 2. The second kappa shape index (κ2) is 8.31. The van der Waals surface area contributed by atoms with E-state index in [2.05, 4.69) is 24.8 Å². The molecule has 9 nitrogen and oxygen atoms in total. The summed E-state index contributed by atoms with van der Waals surface area (Å²) in [4.78, 5) is 21.7. The second-order valence-corrected chi connectivity index (χ2v) is 8.41. The fourth-order valence-corrected chi connectivity index (χ4v) is 4.91. The molecular formula is C21H30N6O3. The summed E-state index contributed by atoms with van der Waals surface area (Å²) < 4.78 is 10.6. The third-order valence-electron chi connectivity index (χ3n) is 6.34. The molecule has 0 unspecified atom stereocenters. The lowest BCUT2D eigenvalue weighted by Gasteiger charge is -2.53. The van der Waals surface area contributed by atoms with Gasteiger partial charge in [-0.05, 0) is 12.8 Å². The number of likely N-dealkylation sites (tertiary alicyclic amines) is 1. The van der Waals surface area contributed by atoms with Gasteiger partial charge in [-0.2, -0.15) is 4.98 Å². The minimum atomic E-state index is -1.00. The minimum absolute atomic E-state index is 0.0814. The van der Waals surface area contributed by atoms with Crippen molar-refractivity contribution in [1.82, 2.24) is 24.8 Å². The lowest BCUT2D eigenvalue weighted by Crippen LogP contribution is -2.58. The number of nitrogens with zero attached hydrogens (tertiary/aromatic N) is 6. The van der Waals surface area contributed by atoms with Crippen molar-refractivity contribution in [3.8, 4) is 11.9 Å². The van der Waals surface area contributed by atoms with Gasteiger partial charge in [0.1, 0.15) is 5.60 Å². The first-order valence-electron chi connectivity index (χ1n) is 10.3. The first-order chi connectivity index (χ1) is 14.5. The molecule has 1 saturated carbocycles. The molecule has 0 amide bonds. The number of rotatable bonds is 6. The molecule has 2 aliphatic rings. The molecule has 2 bridgehead atoms. The smallest absolute Gasteiger partial charge is 0.319 e. The Hall–Kier alpha value is -2.52. The van der Waals surface area contributed by atoms with Crippen molar-refractivity contribution < 1.29 is 14.6 Å². The Balaban J connectivity index is 1.56. The maximum atomic E-state index is 11.9. The van der Waals surface area contributed by atoms with E-state index in [-0.39, 0.29) is 17.8 Å². The van der Waals surface area contributed by atoms with Gasteiger partial charge in [0.05, 0.1) is 19.8 Å². The summed E-state index contributed by atoms with van der Waals surface area (Å²) in [7, 11) is 6.94. The molecule has 4 rings (SSSR count). The first-order valence-corrected chi connectivity index (χ1v) is 10.3. The number of aliphatic hydroxyl groups is 1. The molecule has 9 heteroatoms. The highest BCUT2D eigenvalue weighted by Crippen LogP contribution is 2.51. The summed E-state index contributed by atoms with van der Waals surface area (Å²) in [5.41, 5.74) is 0.741. The van der Waals surface area contributed by atoms with E-state index in [9.17, 15) is 5.11 Å². The Morgan fingerprint density at radius 3 is 2.30 bits per heavy atom. The summed E-state index contributed by atoms with van der Waals surface area (Å²) >= 11 is 0. The first kappa shape index (κ1) is 20.7. The highest BCUT2D eigenvalue weighted by molar-refractivity contribution is 5.34. The average Bonchev–Trinajstić information content (AvgIpc) is 2.74. The molecule has 0 spiro atoms. The molecule has 1 aliphatic heterocycles. The molecule has 162 valence electrons. The van der Waals surface area contributed by atoms with Crippen molar-refractivity contribution in [1.29, 1.82) is 0 Å². The Bertz CT molecular complexity index is 862. The van der Waals surface area contributed by atoms with Gasteiger partial charge in [0.15, 0.2) is 0 Å². The molecule has 2 aromatic heterocycles. The van der Waals surface area contributed by atoms with Crippen LogP contribution in [0.25, 0.3) is 0 Å². The molecule has 0 radical (unpaired) electrons. The van der Waals surface area contributed by atoms with Crippen LogP contribution in [0.2, 0.25) is 0 Å². The molecular weight excluding hydrogens is 384 g/mol. The Kier molecular flexibility index (Phi) is 5.75. The maximum Gasteiger partial charge on any atom is 0.319 e. The largest absolute Gasteiger partial charge is 0.481 e. The molecule has 30 heavy (non-hydrogen) atoms. The lowest BCUT2D eigenvalue weighted by atomic mass is 9.63. The molecule has 2 fully saturated rings. The number of anilines is 1. The third-order valence-corrected chi connectivity index (χ3v) is 6.34. The van der Waals surface area contributed by atoms with Gasteiger partial charge in [-0.1, -0.05) is 6.42 Å². The highest BCUT2D eigenvalue weighted by atomic mass is 16.5. The van der Waals surface area contributed by atoms with Crippen LogP contribution in [0.15, 0.2) is 18.6 Å². The van der Waals surface area contributed by atoms with Crippen LogP contribution in [0.5, 0.6) is 11.9 Å². The molecule has 1 aliphatic carbocycles. The van der Waals surface area contributed by atoms with Gasteiger partial charge in [-0.3, -0.25) is 4.90 Å². The molecule has 3 heterocycles. The fourth-order valence-electron chi connectivity index (χ4n) is 4.91. The van der Waals surface area contributed by atoms with Crippen molar-refractivity contribution in [2.75, 3.05) is 46.3 Å². The van der Waals surface area contributed by atoms with Crippen molar-refractivity contribution >= 4 is 5.95 Å². The zero-order valence-electron chi connectivity index (χ0n) is 18.1. The second-order valence-electron chi connectivity index (χ2n) is 8.41. The molecule has 0 aromatic carbocycles. The Labute approximate surface area is 177 Å². The minimum Gasteiger partial charge on any atom is -0.481 e. The summed E-state index contributed by atoms with van der Waals surface area (Å²) in [5, 5.41) is 11.9. The van der Waals surface area contributed by atoms with Crippen LogP contribution < -0.4 is 14.4 Å². The Morgan fingerprint density at radius 2 is 1.73 bits per heavy atom. The summed E-state index contributed by atoms with van der Waals surface area (Å²) in [6, 6.07) is 0.239. The zero-order chi connectivity index (χ0) is 21.3. The van der Waals surface area contributed by atoms with Gasteiger partial charge in [0.25, 0.3) is 0 Å². The van der Waals surface area contributed by atoms with Gasteiger partial charge in [0.2, 0.25) is 11.8 Å². The topological polar surface area (TPSA) is 96.7 Å². The van der Waals surface area contributed by atoms with E-state index in [1.165, 1.54) is 7.11 Å². The molecule has 2 atom stereocenters. The van der Waals surface area contributed by atoms with Crippen LogP contribution in [-0.2, 0) is 12.1 Å². The van der Waals surface area contributed by atoms with E-state index < -0.39 is 5.60 Å². The van der Waals surface area contributed by atoms with Crippen LogP contribution in [0.1, 0.15) is 30.4 Å². The highest BCUT2D eigenvalue weighted by Gasteiger charge is 2.53. The number of aromatic nitrogens is 4. The number of piperidine rings is 1. The summed E-state index contributed by atoms with van der Waals surface area (Å²) in [6.07, 6.45) is 8.47. The number of fused-ring (bicyclic) bond motifs is 2. The third kappa shape index (κ3) is 3.67. The average molecular weight is 415 g/mol. The molecule has 1 N–H and O–H groups in total. The van der Waals surface area contributed by atoms with Crippen molar-refractivity contribution in [3.05, 3.63) is 29.7 Å². The van der Waals surface area contributed by atoms with Crippen LogP contribution >= 0.6 is 0 Å². The van der Waals surface area contributed by atoms with Crippen LogP contribution in [-0.4, -0.2) is 71.3 Å². The molecule has 1 saturated heterocycles. The van der Waals surface area contributed by atoms with E-state index in [1.807, 2.05) is 31.4 Å². The van der Waals surface area contributed by atoms with Gasteiger partial charge >= 0.3 is 6.01 Å². The monoisotopic (exact) mass is 414 g/mol. The quantitative estimate of drug-likeness (QED) is 0.753. The van der Waals surface area contributed by atoms with E-state index in [0.29, 0.717) is 17.4 Å². The van der Waals surface area contributed by atoms with E-state index in [4.69, 9.17) is 9.47 Å². The number of methoxy groups -OCH3 is 2. The van der Waals surface area contributed by atoms with E-state index in [0.717, 1.165) is 44.5 Å². The SMILES string of the molecule is COc1ncc(C2(O)[C@H]3CCC[C@H]2CN(Cc2cnc(N(C)C)nc2)C3)c(OC)n1. The predicted molar refractivity (Wildman–Crippen MR) is 111 cm³/mol. The van der Waals surface area contributed by atoms with E-state index >= 15 is 0 Å². The normalized spacial score (nSPS) is 26.3. The van der Waals surface area contributed by atoms with E-state index in [1.54, 1.807) is 13.3 Å². The van der Waals surface area contributed by atoms with Gasteiger partial charge in [0, 0.05) is 69.7 Å². The Morgan fingerprint density at radius 1 is 1.07 bits per heavy atom. The van der Waals surface area contributed by atoms with Crippen LogP contribution in [0, 0.1) is 11.8 Å². The standard InChI is InChI=1S/C21H30N6O3/c1-26(2)19-22-8-14(9-23-19)11-27-12-15-6-5-7-16(13-27)21(15,28)17-10-24-20(30-4)25-18(17)29-3/h8-10,15-16,28H,5-7,11-13H2,1-4H3/t15-,16-/m0/s1. The maximum absolute atomic E-state index is 11.9. The fraction of sp³-hybridized carbons (Fsp3) is 0.619. The molecule has 2 aromatic rings. The number of hydrogen-bond acceptors (Lipinski definition) is 9. The van der Waals surface area contributed by atoms with Crippen molar-refractivity contribution in [3.63, 3.8) is 0 Å². The van der Waals surface area contributed by atoms with Crippen LogP contribution in [0.3, 0.4) is 0 Å². The van der Waals surface area contributed by atoms with Crippen molar-refractivity contribution in [2.45, 2.75) is 31.4 Å². The van der Waals surface area contributed by atoms with Gasteiger partial charge < -0.3 is 19.5 Å². The zero-order valence-corrected chi connectivity index (χ0v) is 18.1. The summed E-state index contributed by atoms with van der Waals surface area (Å²) in [5.74, 6) is 1.26. The van der Waals surface area contributed by atoms with Crippen molar-refractivity contribution in [2.24, 2.45) is 11.8 Å². The summed E-state index contributed by atoms with van der Waals surface area (Å²) in [6.45, 7) is 2.35. The number of hydrogen-bond donors (Lipinski definition) is 1. The van der Waals surface area contributed by atoms with Gasteiger partial charge in [-0.25, -0.2) is 15.0 Å². The lowest BCUT2D eigenvalue weighted by molar-refractivity contribution is -0.149. The predicted octanol–water partition coefficient (Wildman–Crippen LogP) is 1.47.